The summed E-state index contributed by atoms with van der Waals surface area (Å²) in [6.07, 6.45) is 0. The molecule has 1 aliphatic heterocycles. The number of hydrogen-bond donors (Lipinski definition) is 1. The quantitative estimate of drug-likeness (QED) is 0.407. The molecule has 1 aliphatic rings. The van der Waals surface area contributed by atoms with E-state index in [9.17, 15) is 10.0 Å². The van der Waals surface area contributed by atoms with E-state index in [-0.39, 0.29) is 103 Å². The van der Waals surface area contributed by atoms with Gasteiger partial charge in [0.05, 0.1) is 10.7 Å². The monoisotopic (exact) mass is 270 g/mol. The molecule has 0 unspecified atom stereocenters. The van der Waals surface area contributed by atoms with Crippen LogP contribution in [0.3, 0.4) is 0 Å². The largest absolute Gasteiger partial charge is 1.00 e. The molecule has 0 saturated heterocycles. The summed E-state index contributed by atoms with van der Waals surface area (Å²) in [6, 6.07) is 6.92. The molecule has 0 amide bonds. The van der Waals surface area contributed by atoms with E-state index in [2.05, 4.69) is 22.6 Å². The Bertz CT molecular complexity index is 422. The van der Waals surface area contributed by atoms with Gasteiger partial charge in [0.2, 0.25) is 0 Å². The second-order valence-corrected chi connectivity index (χ2v) is 3.39. The number of fused-ring (bicyclic) bond motifs is 1. The van der Waals surface area contributed by atoms with Crippen LogP contribution in [0.15, 0.2) is 34.3 Å². The minimum Gasteiger partial charge on any atom is -0.889 e. The van der Waals surface area contributed by atoms with Crippen molar-refractivity contribution in [2.75, 3.05) is 0 Å². The van der Waals surface area contributed by atoms with Gasteiger partial charge in [-0.1, -0.05) is 12.1 Å². The fraction of sp³-hybridized carbons (Fsp3) is 0.143. The Labute approximate surface area is 178 Å². The molecule has 4 nitrogen and oxygen atoms in total. The topological polar surface area (TPSA) is 70.8 Å². The third-order valence-electron chi connectivity index (χ3n) is 1.77. The van der Waals surface area contributed by atoms with Crippen molar-refractivity contribution in [2.45, 2.75) is 4.89 Å². The Hall–Kier alpha value is 2.43. The molecule has 15 heavy (non-hydrogen) atoms. The Balaban J connectivity index is 0.000000980. The minimum atomic E-state index is -2.19. The molecule has 0 atom stereocenters. The van der Waals surface area contributed by atoms with Crippen molar-refractivity contribution >= 4 is 19.7 Å². The molecule has 1 aromatic carbocycles. The zero-order chi connectivity index (χ0) is 9.47. The summed E-state index contributed by atoms with van der Waals surface area (Å²) in [4.78, 5) is 6.05. The number of rotatable bonds is 1. The van der Waals surface area contributed by atoms with Crippen LogP contribution >= 0.6 is 12.6 Å². The number of hydrogen-bond acceptors (Lipinski definition) is 5. The number of nitrogens with zero attached hydrogens (tertiary/aromatic N) is 2. The summed E-state index contributed by atoms with van der Waals surface area (Å²) in [5.41, 5.74) is 0. The van der Waals surface area contributed by atoms with Gasteiger partial charge in [-0.15, -0.1) is 12.6 Å². The SMILES string of the molecule is [K+].[K+].[O-]B([O-])C1(S)N=c2ccccc2=N1. The first-order valence-electron chi connectivity index (χ1n) is 3.71. The first-order valence-corrected chi connectivity index (χ1v) is 4.15. The van der Waals surface area contributed by atoms with Gasteiger partial charge >= 0.3 is 103 Å². The zero-order valence-corrected chi connectivity index (χ0v) is 15.7. The second kappa shape index (κ2) is 7.12. The van der Waals surface area contributed by atoms with Crippen LogP contribution in [0.1, 0.15) is 0 Å². The van der Waals surface area contributed by atoms with E-state index in [1.807, 2.05) is 0 Å². The molecule has 0 bridgehead atoms. The van der Waals surface area contributed by atoms with Gasteiger partial charge in [0.15, 0.2) is 0 Å². The number of benzene rings is 1. The van der Waals surface area contributed by atoms with Crippen molar-refractivity contribution in [3.63, 3.8) is 0 Å². The predicted octanol–water partition coefficient (Wildman–Crippen LogP) is -8.72. The van der Waals surface area contributed by atoms with E-state index in [0.29, 0.717) is 10.7 Å². The van der Waals surface area contributed by atoms with Crippen LogP contribution in [-0.2, 0) is 0 Å². The number of thiol groups is 1. The summed E-state index contributed by atoms with van der Waals surface area (Å²) in [5, 5.41) is 22.5. The zero-order valence-electron chi connectivity index (χ0n) is 8.54. The van der Waals surface area contributed by atoms with Crippen LogP contribution in [0.2, 0.25) is 0 Å². The first kappa shape index (κ1) is 17.4. The molecule has 8 heteroatoms. The fourth-order valence-corrected chi connectivity index (χ4v) is 1.35. The Morgan fingerprint density at radius 2 is 1.47 bits per heavy atom. The maximum atomic E-state index is 10.7. The van der Waals surface area contributed by atoms with Crippen molar-refractivity contribution in [3.05, 3.63) is 35.0 Å². The van der Waals surface area contributed by atoms with E-state index in [0.717, 1.165) is 0 Å². The van der Waals surface area contributed by atoms with E-state index < -0.39 is 12.0 Å². The maximum Gasteiger partial charge on any atom is 1.00 e. The summed E-state index contributed by atoms with van der Waals surface area (Å²) < 4.78 is 0. The van der Waals surface area contributed by atoms with Gasteiger partial charge in [-0.3, -0.25) is 9.98 Å². The molecule has 0 aromatic heterocycles. The van der Waals surface area contributed by atoms with Crippen molar-refractivity contribution in [1.29, 1.82) is 0 Å². The molecule has 1 aromatic rings. The molecule has 0 radical (unpaired) electrons. The summed E-state index contributed by atoms with van der Waals surface area (Å²) in [7, 11) is -2.19. The van der Waals surface area contributed by atoms with Crippen LogP contribution < -0.4 is 124 Å². The van der Waals surface area contributed by atoms with E-state index >= 15 is 0 Å². The van der Waals surface area contributed by atoms with Gasteiger partial charge in [0.1, 0.15) is 4.89 Å². The van der Waals surface area contributed by atoms with Crippen LogP contribution in [0.5, 0.6) is 0 Å². The first-order chi connectivity index (χ1) is 6.12. The van der Waals surface area contributed by atoms with Gasteiger partial charge in [-0.05, 0) is 19.3 Å². The van der Waals surface area contributed by atoms with Crippen molar-refractivity contribution in [1.82, 2.24) is 0 Å². The minimum absolute atomic E-state index is 0. The average molecular weight is 270 g/mol. The van der Waals surface area contributed by atoms with Crippen molar-refractivity contribution < 1.29 is 113 Å². The van der Waals surface area contributed by atoms with Gasteiger partial charge in [-0.25, -0.2) is 0 Å². The molecule has 0 fully saturated rings. The van der Waals surface area contributed by atoms with Crippen LogP contribution in [0, 0.1) is 0 Å². The molecule has 0 N–H and O–H groups in total. The van der Waals surface area contributed by atoms with Crippen LogP contribution in [0.4, 0.5) is 0 Å². The van der Waals surface area contributed by atoms with Gasteiger partial charge in [0.25, 0.3) is 0 Å². The Morgan fingerprint density at radius 3 is 1.80 bits per heavy atom. The van der Waals surface area contributed by atoms with Crippen LogP contribution in [-0.4, -0.2) is 12.0 Å². The van der Waals surface area contributed by atoms with Crippen molar-refractivity contribution in [3.8, 4) is 0 Å². The maximum absolute atomic E-state index is 10.7. The summed E-state index contributed by atoms with van der Waals surface area (Å²) in [6.45, 7) is 0. The van der Waals surface area contributed by atoms with Gasteiger partial charge < -0.3 is 10.0 Å². The molecule has 1 heterocycles. The van der Waals surface area contributed by atoms with Gasteiger partial charge in [-0.2, -0.15) is 0 Å². The molecular formula is C7H5BK2N2O2S. The molecule has 0 spiro atoms. The Morgan fingerprint density at radius 1 is 1.07 bits per heavy atom. The molecule has 0 aliphatic carbocycles. The molecule has 66 valence electrons. The molecule has 2 rings (SSSR count). The van der Waals surface area contributed by atoms with E-state index in [1.54, 1.807) is 24.3 Å². The standard InChI is InChI=1S/C7H5BN2O2S.2K/c11-8(12)7(13)9-5-3-1-2-4-6(5)10-7;;/h1-4,13H;;/q-2;2*+1. The second-order valence-electron chi connectivity index (χ2n) is 2.73. The smallest absolute Gasteiger partial charge is 0.889 e. The summed E-state index contributed by atoms with van der Waals surface area (Å²) in [5.74, 6) is 0. The fourth-order valence-electron chi connectivity index (χ4n) is 1.14. The third-order valence-corrected chi connectivity index (χ3v) is 2.18. The van der Waals surface area contributed by atoms with E-state index in [1.165, 1.54) is 0 Å². The van der Waals surface area contributed by atoms with Crippen molar-refractivity contribution in [2.24, 2.45) is 9.98 Å². The van der Waals surface area contributed by atoms with E-state index in [4.69, 9.17) is 0 Å². The summed E-state index contributed by atoms with van der Waals surface area (Å²) >= 11 is 3.86. The molecular weight excluding hydrogens is 265 g/mol. The normalized spacial score (nSPS) is 14.9. The number of para-hydroxylation sites is 2. The van der Waals surface area contributed by atoms with Gasteiger partial charge in [0, 0.05) is 0 Å². The third kappa shape index (κ3) is 3.95. The van der Waals surface area contributed by atoms with Crippen LogP contribution in [0.25, 0.3) is 0 Å². The average Bonchev–Trinajstić information content (AvgIpc) is 2.42. The molecule has 0 saturated carbocycles. The Kier molecular flexibility index (Phi) is 8.28. The predicted molar refractivity (Wildman–Crippen MR) is 46.2 cm³/mol.